The van der Waals surface area contributed by atoms with Crippen molar-refractivity contribution in [2.75, 3.05) is 0 Å². The molecule has 2 aromatic carbocycles. The van der Waals surface area contributed by atoms with Crippen LogP contribution in [0.3, 0.4) is 0 Å². The molecule has 0 aromatic heterocycles. The second-order valence-corrected chi connectivity index (χ2v) is 10.1. The normalized spacial score (nSPS) is 40.1. The van der Waals surface area contributed by atoms with Crippen LogP contribution in [0.2, 0.25) is 0 Å². The SMILES string of the molecule is Cc1ccc2c(c1)C1(c3cc(C)ccc3-2)C2CC3CC4CC1CC34C2. The molecule has 25 heavy (non-hydrogen) atoms. The molecule has 3 bridgehead atoms. The first kappa shape index (κ1) is 13.6. The Balaban J connectivity index is 1.59. The Morgan fingerprint density at radius 2 is 1.16 bits per heavy atom. The van der Waals surface area contributed by atoms with Gasteiger partial charge in [0, 0.05) is 5.41 Å². The Hall–Kier alpha value is -1.56. The summed E-state index contributed by atoms with van der Waals surface area (Å²) in [6, 6.07) is 14.7. The summed E-state index contributed by atoms with van der Waals surface area (Å²) in [6.45, 7) is 4.58. The van der Waals surface area contributed by atoms with Gasteiger partial charge in [-0.15, -0.1) is 0 Å². The molecule has 4 unspecified atom stereocenters. The Morgan fingerprint density at radius 3 is 1.68 bits per heavy atom. The zero-order chi connectivity index (χ0) is 16.6. The van der Waals surface area contributed by atoms with Gasteiger partial charge >= 0.3 is 0 Å². The molecule has 0 amide bonds. The molecule has 4 atom stereocenters. The number of fused-ring (bicyclic) bond motifs is 9. The van der Waals surface area contributed by atoms with E-state index in [0.717, 1.165) is 29.1 Å². The van der Waals surface area contributed by atoms with E-state index in [1.165, 1.54) is 36.8 Å². The highest BCUT2D eigenvalue weighted by molar-refractivity contribution is 5.82. The molecule has 2 aromatic rings. The highest BCUT2D eigenvalue weighted by Crippen LogP contribution is 2.81. The van der Waals surface area contributed by atoms with E-state index < -0.39 is 0 Å². The third-order valence-electron chi connectivity index (χ3n) is 9.41. The first-order chi connectivity index (χ1) is 12.1. The van der Waals surface area contributed by atoms with Crippen LogP contribution in [-0.2, 0) is 5.41 Å². The summed E-state index contributed by atoms with van der Waals surface area (Å²) in [6.07, 6.45) is 7.63. The minimum absolute atomic E-state index is 0.343. The van der Waals surface area contributed by atoms with Crippen LogP contribution in [0.1, 0.15) is 54.4 Å². The van der Waals surface area contributed by atoms with Gasteiger partial charge in [0.1, 0.15) is 0 Å². The largest absolute Gasteiger partial charge is 0.0587 e. The van der Waals surface area contributed by atoms with Crippen molar-refractivity contribution in [2.45, 2.75) is 51.4 Å². The van der Waals surface area contributed by atoms with Crippen LogP contribution >= 0.6 is 0 Å². The number of rotatable bonds is 0. The number of benzene rings is 2. The van der Waals surface area contributed by atoms with Gasteiger partial charge in [-0.2, -0.15) is 0 Å². The fraction of sp³-hybridized carbons (Fsp3) is 0.520. The first-order valence-corrected chi connectivity index (χ1v) is 10.4. The quantitative estimate of drug-likeness (QED) is 0.555. The number of hydrogen-bond donors (Lipinski definition) is 0. The molecular formula is C25H26. The fourth-order valence-corrected chi connectivity index (χ4v) is 8.69. The van der Waals surface area contributed by atoms with Crippen LogP contribution < -0.4 is 0 Å². The smallest absolute Gasteiger partial charge is 0.0272 e. The topological polar surface area (TPSA) is 0 Å². The van der Waals surface area contributed by atoms with Crippen molar-refractivity contribution < 1.29 is 0 Å². The highest BCUT2D eigenvalue weighted by atomic mass is 14.8. The van der Waals surface area contributed by atoms with E-state index in [1.54, 1.807) is 28.7 Å². The van der Waals surface area contributed by atoms with E-state index in [9.17, 15) is 0 Å². The van der Waals surface area contributed by atoms with Crippen molar-refractivity contribution >= 4 is 0 Å². The van der Waals surface area contributed by atoms with Crippen molar-refractivity contribution in [3.05, 3.63) is 58.7 Å². The summed E-state index contributed by atoms with van der Waals surface area (Å²) < 4.78 is 0. The fourth-order valence-electron chi connectivity index (χ4n) is 8.69. The van der Waals surface area contributed by atoms with Gasteiger partial charge in [0.05, 0.1) is 0 Å². The van der Waals surface area contributed by atoms with Crippen LogP contribution in [0.15, 0.2) is 36.4 Å². The molecule has 0 heteroatoms. The van der Waals surface area contributed by atoms with Crippen LogP contribution in [-0.4, -0.2) is 0 Å². The van der Waals surface area contributed by atoms with Crippen molar-refractivity contribution in [2.24, 2.45) is 29.1 Å². The van der Waals surface area contributed by atoms with Crippen LogP contribution in [0.25, 0.3) is 11.1 Å². The van der Waals surface area contributed by atoms with Crippen LogP contribution in [0.5, 0.6) is 0 Å². The number of hydrogen-bond acceptors (Lipinski definition) is 0. The number of aryl methyl sites for hydroxylation is 2. The highest BCUT2D eigenvalue weighted by Gasteiger charge is 2.74. The lowest BCUT2D eigenvalue weighted by Crippen LogP contribution is -2.45. The molecule has 126 valence electrons. The predicted octanol–water partition coefficient (Wildman–Crippen LogP) is 6.03. The molecule has 0 heterocycles. The van der Waals surface area contributed by atoms with Gasteiger partial charge in [-0.3, -0.25) is 0 Å². The average molecular weight is 326 g/mol. The van der Waals surface area contributed by atoms with Gasteiger partial charge in [0.2, 0.25) is 0 Å². The third-order valence-corrected chi connectivity index (χ3v) is 9.41. The molecular weight excluding hydrogens is 300 g/mol. The Bertz CT molecular complexity index is 871. The van der Waals surface area contributed by atoms with Crippen molar-refractivity contribution in [3.63, 3.8) is 0 Å². The maximum Gasteiger partial charge on any atom is 0.0272 e. The zero-order valence-electron chi connectivity index (χ0n) is 15.3. The molecule has 0 saturated heterocycles. The van der Waals surface area contributed by atoms with E-state index in [4.69, 9.17) is 0 Å². The summed E-state index contributed by atoms with van der Waals surface area (Å²) in [5.74, 6) is 3.92. The maximum atomic E-state index is 2.57. The van der Waals surface area contributed by atoms with E-state index >= 15 is 0 Å². The van der Waals surface area contributed by atoms with Gasteiger partial charge in [-0.25, -0.2) is 0 Å². The van der Waals surface area contributed by atoms with Gasteiger partial charge in [0.15, 0.2) is 0 Å². The van der Waals surface area contributed by atoms with Gasteiger partial charge in [0.25, 0.3) is 0 Å². The lowest BCUT2D eigenvalue weighted by Gasteiger charge is -2.50. The molecule has 2 spiro atoms. The van der Waals surface area contributed by atoms with Crippen molar-refractivity contribution in [1.82, 2.24) is 0 Å². The molecule has 0 nitrogen and oxygen atoms in total. The molecule has 0 N–H and O–H groups in total. The van der Waals surface area contributed by atoms with Crippen molar-refractivity contribution in [3.8, 4) is 11.1 Å². The molecule has 4 saturated carbocycles. The van der Waals surface area contributed by atoms with Gasteiger partial charge < -0.3 is 0 Å². The summed E-state index contributed by atoms with van der Waals surface area (Å²) >= 11 is 0. The van der Waals surface area contributed by atoms with Gasteiger partial charge in [-0.1, -0.05) is 47.5 Å². The van der Waals surface area contributed by atoms with Crippen molar-refractivity contribution in [1.29, 1.82) is 0 Å². The molecule has 5 aliphatic carbocycles. The molecule has 4 fully saturated rings. The van der Waals surface area contributed by atoms with E-state index in [1.807, 2.05) is 0 Å². The van der Waals surface area contributed by atoms with E-state index in [-0.39, 0.29) is 0 Å². The molecule has 7 rings (SSSR count). The lowest BCUT2D eigenvalue weighted by atomic mass is 9.54. The monoisotopic (exact) mass is 326 g/mol. The van der Waals surface area contributed by atoms with Crippen LogP contribution in [0.4, 0.5) is 0 Å². The zero-order valence-corrected chi connectivity index (χ0v) is 15.3. The lowest BCUT2D eigenvalue weighted by molar-refractivity contribution is -0.00187. The second-order valence-electron chi connectivity index (χ2n) is 10.1. The molecule has 5 aliphatic rings. The van der Waals surface area contributed by atoms with E-state index in [2.05, 4.69) is 50.2 Å². The molecule has 0 aliphatic heterocycles. The minimum Gasteiger partial charge on any atom is -0.0587 e. The minimum atomic E-state index is 0.343. The maximum absolute atomic E-state index is 2.57. The Kier molecular flexibility index (Phi) is 2.12. The predicted molar refractivity (Wildman–Crippen MR) is 102 cm³/mol. The standard InChI is InChI=1S/C25H26/c1-14-3-5-20-21-6-4-15(2)8-23(21)25(22(20)7-14)18-10-16-9-17-11-19(25)13-24(16,17)12-18/h3-8,16-19H,9-13H2,1-2H3. The molecule has 0 radical (unpaired) electrons. The van der Waals surface area contributed by atoms with E-state index in [0.29, 0.717) is 5.41 Å². The summed E-state index contributed by atoms with van der Waals surface area (Å²) in [4.78, 5) is 0. The summed E-state index contributed by atoms with van der Waals surface area (Å²) in [5.41, 5.74) is 10.6. The first-order valence-electron chi connectivity index (χ1n) is 10.4. The second kappa shape index (κ2) is 3.90. The summed E-state index contributed by atoms with van der Waals surface area (Å²) in [5, 5.41) is 0. The van der Waals surface area contributed by atoms with Crippen LogP contribution in [0, 0.1) is 42.9 Å². The Morgan fingerprint density at radius 1 is 0.680 bits per heavy atom. The Labute approximate surface area is 150 Å². The summed E-state index contributed by atoms with van der Waals surface area (Å²) in [7, 11) is 0. The van der Waals surface area contributed by atoms with Gasteiger partial charge in [-0.05, 0) is 97.3 Å². The third kappa shape index (κ3) is 1.25. The average Bonchev–Trinajstić information content (AvgIpc) is 3.10.